The van der Waals surface area contributed by atoms with Crippen LogP contribution in [0.25, 0.3) is 0 Å². The number of ether oxygens (including phenoxy) is 1. The van der Waals surface area contributed by atoms with Gasteiger partial charge in [0.2, 0.25) is 0 Å². The summed E-state index contributed by atoms with van der Waals surface area (Å²) in [5, 5.41) is 0. The molecule has 0 aromatic heterocycles. The molecule has 2 N–H and O–H groups in total. The molecule has 4 nitrogen and oxygen atoms in total. The second-order valence-corrected chi connectivity index (χ2v) is 6.32. The van der Waals surface area contributed by atoms with Crippen LogP contribution in [-0.4, -0.2) is 42.1 Å². The molecular formula is C15H28N2O2. The van der Waals surface area contributed by atoms with E-state index in [-0.39, 0.29) is 5.97 Å². The highest BCUT2D eigenvalue weighted by Crippen LogP contribution is 2.36. The highest BCUT2D eigenvalue weighted by molar-refractivity contribution is 5.79. The van der Waals surface area contributed by atoms with E-state index in [9.17, 15) is 4.79 Å². The van der Waals surface area contributed by atoms with Crippen molar-refractivity contribution in [1.29, 1.82) is 0 Å². The molecule has 1 saturated heterocycles. The Morgan fingerprint density at radius 2 is 2.11 bits per heavy atom. The summed E-state index contributed by atoms with van der Waals surface area (Å²) in [5.74, 6) is 0.621. The number of hydrogen-bond acceptors (Lipinski definition) is 4. The molecule has 0 aromatic rings. The quantitative estimate of drug-likeness (QED) is 0.774. The van der Waals surface area contributed by atoms with Crippen LogP contribution in [0.5, 0.6) is 0 Å². The molecule has 0 spiro atoms. The smallest absolute Gasteiger partial charge is 0.325 e. The maximum Gasteiger partial charge on any atom is 0.325 e. The van der Waals surface area contributed by atoms with Crippen molar-refractivity contribution in [2.75, 3.05) is 19.7 Å². The minimum Gasteiger partial charge on any atom is -0.465 e. The highest BCUT2D eigenvalue weighted by Gasteiger charge is 2.37. The van der Waals surface area contributed by atoms with Crippen LogP contribution in [-0.2, 0) is 9.53 Å². The van der Waals surface area contributed by atoms with E-state index in [1.54, 1.807) is 6.92 Å². The molecule has 3 unspecified atom stereocenters. The highest BCUT2D eigenvalue weighted by atomic mass is 16.5. The molecule has 1 aliphatic carbocycles. The van der Waals surface area contributed by atoms with E-state index in [1.165, 1.54) is 38.6 Å². The lowest BCUT2D eigenvalue weighted by molar-refractivity contribution is -0.149. The van der Waals surface area contributed by atoms with Crippen LogP contribution in [0.1, 0.15) is 52.4 Å². The number of piperidine rings is 1. The Morgan fingerprint density at radius 1 is 1.37 bits per heavy atom. The number of hydrogen-bond donors (Lipinski definition) is 1. The monoisotopic (exact) mass is 268 g/mol. The van der Waals surface area contributed by atoms with E-state index >= 15 is 0 Å². The molecule has 2 rings (SSSR count). The lowest BCUT2D eigenvalue weighted by Gasteiger charge is -2.39. The number of nitrogens with two attached hydrogens (primary N) is 1. The number of rotatable bonds is 5. The Hall–Kier alpha value is -0.610. The molecule has 2 aliphatic rings. The van der Waals surface area contributed by atoms with Gasteiger partial charge >= 0.3 is 5.97 Å². The molecule has 0 aromatic carbocycles. The van der Waals surface area contributed by atoms with Crippen molar-refractivity contribution in [3.8, 4) is 0 Å². The zero-order valence-corrected chi connectivity index (χ0v) is 12.4. The number of fused-ring (bicyclic) bond motifs is 1. The lowest BCUT2D eigenvalue weighted by Crippen LogP contribution is -2.51. The van der Waals surface area contributed by atoms with Gasteiger partial charge in [-0.05, 0) is 58.4 Å². The third-order valence-electron chi connectivity index (χ3n) is 4.77. The standard InChI is InChI=1S/C15H28N2O2/c1-3-19-14(18)15(2,16)9-11-17-10-5-7-12-6-4-8-13(12)17/h12-13H,3-11,16H2,1-2H3. The first-order chi connectivity index (χ1) is 9.04. The summed E-state index contributed by atoms with van der Waals surface area (Å²) < 4.78 is 5.05. The van der Waals surface area contributed by atoms with Crippen molar-refractivity contribution < 1.29 is 9.53 Å². The van der Waals surface area contributed by atoms with Gasteiger partial charge in [-0.1, -0.05) is 6.42 Å². The number of likely N-dealkylation sites (tertiary alicyclic amines) is 1. The van der Waals surface area contributed by atoms with Gasteiger partial charge in [0.15, 0.2) is 0 Å². The Labute approximate surface area is 116 Å². The van der Waals surface area contributed by atoms with Crippen LogP contribution in [0.2, 0.25) is 0 Å². The number of carbonyl (C=O) groups excluding carboxylic acids is 1. The van der Waals surface area contributed by atoms with Gasteiger partial charge in [0, 0.05) is 12.6 Å². The van der Waals surface area contributed by atoms with Crippen molar-refractivity contribution in [2.45, 2.75) is 64.0 Å². The van der Waals surface area contributed by atoms with E-state index in [0.717, 1.165) is 18.5 Å². The summed E-state index contributed by atoms with van der Waals surface area (Å²) in [6.07, 6.45) is 7.45. The third-order valence-corrected chi connectivity index (χ3v) is 4.77. The maximum absolute atomic E-state index is 11.8. The minimum absolute atomic E-state index is 0.269. The van der Waals surface area contributed by atoms with Crippen LogP contribution in [0.3, 0.4) is 0 Å². The Kier molecular flexibility index (Phi) is 4.85. The molecule has 2 fully saturated rings. The molecule has 1 saturated carbocycles. The first-order valence-corrected chi connectivity index (χ1v) is 7.74. The van der Waals surface area contributed by atoms with Gasteiger partial charge in [-0.3, -0.25) is 4.79 Å². The molecule has 1 heterocycles. The summed E-state index contributed by atoms with van der Waals surface area (Å²) in [4.78, 5) is 14.4. The number of nitrogens with zero attached hydrogens (tertiary/aromatic N) is 1. The first-order valence-electron chi connectivity index (χ1n) is 7.74. The second kappa shape index (κ2) is 6.23. The van der Waals surface area contributed by atoms with Crippen LogP contribution >= 0.6 is 0 Å². The van der Waals surface area contributed by atoms with E-state index in [0.29, 0.717) is 13.0 Å². The van der Waals surface area contributed by atoms with Crippen molar-refractivity contribution in [3.05, 3.63) is 0 Å². The molecule has 0 bridgehead atoms. The molecule has 0 radical (unpaired) electrons. The zero-order valence-electron chi connectivity index (χ0n) is 12.4. The fourth-order valence-electron chi connectivity index (χ4n) is 3.61. The van der Waals surface area contributed by atoms with E-state index in [2.05, 4.69) is 4.90 Å². The van der Waals surface area contributed by atoms with E-state index < -0.39 is 5.54 Å². The van der Waals surface area contributed by atoms with Gasteiger partial charge in [0.1, 0.15) is 5.54 Å². The number of esters is 1. The van der Waals surface area contributed by atoms with Crippen molar-refractivity contribution in [1.82, 2.24) is 4.90 Å². The summed E-state index contributed by atoms with van der Waals surface area (Å²) in [5.41, 5.74) is 5.25. The topological polar surface area (TPSA) is 55.6 Å². The predicted molar refractivity (Wildman–Crippen MR) is 75.8 cm³/mol. The largest absolute Gasteiger partial charge is 0.465 e. The summed E-state index contributed by atoms with van der Waals surface area (Å²) in [6, 6.07) is 0.742. The average Bonchev–Trinajstić information content (AvgIpc) is 2.85. The molecule has 0 amide bonds. The first kappa shape index (κ1) is 14.8. The van der Waals surface area contributed by atoms with E-state index in [1.807, 2.05) is 6.92 Å². The van der Waals surface area contributed by atoms with Crippen LogP contribution in [0.4, 0.5) is 0 Å². The van der Waals surface area contributed by atoms with Gasteiger partial charge < -0.3 is 15.4 Å². The summed E-state index contributed by atoms with van der Waals surface area (Å²) in [6.45, 7) is 6.11. The van der Waals surface area contributed by atoms with Gasteiger partial charge in [-0.15, -0.1) is 0 Å². The lowest BCUT2D eigenvalue weighted by atomic mass is 9.90. The van der Waals surface area contributed by atoms with Crippen LogP contribution in [0.15, 0.2) is 0 Å². The predicted octanol–water partition coefficient (Wildman–Crippen LogP) is 1.92. The molecule has 3 atom stereocenters. The fraction of sp³-hybridized carbons (Fsp3) is 0.933. The molecular weight excluding hydrogens is 240 g/mol. The third kappa shape index (κ3) is 3.48. The zero-order chi connectivity index (χ0) is 13.9. The molecule has 4 heteroatoms. The van der Waals surface area contributed by atoms with Gasteiger partial charge in [-0.25, -0.2) is 0 Å². The summed E-state index contributed by atoms with van der Waals surface area (Å²) >= 11 is 0. The normalized spacial score (nSPS) is 30.7. The van der Waals surface area contributed by atoms with Crippen molar-refractivity contribution >= 4 is 5.97 Å². The molecule has 110 valence electrons. The second-order valence-electron chi connectivity index (χ2n) is 6.32. The Bertz CT molecular complexity index is 317. The Balaban J connectivity index is 1.85. The van der Waals surface area contributed by atoms with Gasteiger partial charge in [0.05, 0.1) is 6.61 Å². The van der Waals surface area contributed by atoms with Crippen LogP contribution < -0.4 is 5.73 Å². The SMILES string of the molecule is CCOC(=O)C(C)(N)CCN1CCCC2CCCC21. The van der Waals surface area contributed by atoms with Crippen molar-refractivity contribution in [2.24, 2.45) is 11.7 Å². The van der Waals surface area contributed by atoms with E-state index in [4.69, 9.17) is 10.5 Å². The van der Waals surface area contributed by atoms with Crippen LogP contribution in [0, 0.1) is 5.92 Å². The van der Waals surface area contributed by atoms with Gasteiger partial charge in [0.25, 0.3) is 0 Å². The number of carbonyl (C=O) groups is 1. The maximum atomic E-state index is 11.8. The molecule has 19 heavy (non-hydrogen) atoms. The minimum atomic E-state index is -0.846. The Morgan fingerprint density at radius 3 is 2.84 bits per heavy atom. The molecule has 1 aliphatic heterocycles. The van der Waals surface area contributed by atoms with Crippen molar-refractivity contribution in [3.63, 3.8) is 0 Å². The average molecular weight is 268 g/mol. The summed E-state index contributed by atoms with van der Waals surface area (Å²) in [7, 11) is 0. The fourth-order valence-corrected chi connectivity index (χ4v) is 3.61. The van der Waals surface area contributed by atoms with Gasteiger partial charge in [-0.2, -0.15) is 0 Å².